The van der Waals surface area contributed by atoms with E-state index in [2.05, 4.69) is 30.9 Å². The van der Waals surface area contributed by atoms with E-state index in [-0.39, 0.29) is 31.3 Å². The second-order valence-electron chi connectivity index (χ2n) is 8.62. The van der Waals surface area contributed by atoms with Crippen LogP contribution >= 0.6 is 0 Å². The smallest absolute Gasteiger partial charge is 0.326 e. The maximum atomic E-state index is 13.2. The van der Waals surface area contributed by atoms with Crippen LogP contribution in [0, 0.1) is 5.92 Å². The summed E-state index contributed by atoms with van der Waals surface area (Å²) in [6.07, 6.45) is 2.13. The first kappa shape index (κ1) is 30.8. The second kappa shape index (κ2) is 15.0. The van der Waals surface area contributed by atoms with Gasteiger partial charge >= 0.3 is 11.9 Å². The molecule has 1 aromatic rings. The molecular weight excluding hydrogens is 490 g/mol. The number of nitrogens with one attached hydrogen (secondary N) is 4. The number of nitrogens with zero attached hydrogens (tertiary/aromatic N) is 2. The molecule has 37 heavy (non-hydrogen) atoms. The number of H-pyrrole nitrogens is 1. The molecule has 12 N–H and O–H groups in total. The van der Waals surface area contributed by atoms with Gasteiger partial charge in [0.25, 0.3) is 0 Å². The molecule has 1 rings (SSSR count). The van der Waals surface area contributed by atoms with Crippen molar-refractivity contribution in [1.29, 1.82) is 0 Å². The number of carboxylic acid groups (broad SMARTS) is 2. The van der Waals surface area contributed by atoms with Crippen molar-refractivity contribution in [2.45, 2.75) is 63.7 Å². The van der Waals surface area contributed by atoms with Gasteiger partial charge in [-0.2, -0.15) is 0 Å². The maximum Gasteiger partial charge on any atom is 0.326 e. The van der Waals surface area contributed by atoms with Gasteiger partial charge in [0.1, 0.15) is 18.1 Å². The lowest BCUT2D eigenvalue weighted by Gasteiger charge is -2.25. The van der Waals surface area contributed by atoms with Crippen LogP contribution in [-0.4, -0.2) is 86.5 Å². The Hall–Kier alpha value is -4.21. The number of carbonyl (C=O) groups excluding carboxylic acids is 3. The van der Waals surface area contributed by atoms with Crippen molar-refractivity contribution >= 4 is 35.6 Å². The van der Waals surface area contributed by atoms with E-state index >= 15 is 0 Å². The molecule has 0 saturated carbocycles. The minimum Gasteiger partial charge on any atom is -0.481 e. The first-order chi connectivity index (χ1) is 17.3. The third-order valence-electron chi connectivity index (χ3n) is 5.20. The van der Waals surface area contributed by atoms with Crippen molar-refractivity contribution in [2.24, 2.45) is 28.1 Å². The normalized spacial score (nSPS) is 14.1. The zero-order chi connectivity index (χ0) is 28.1. The molecule has 1 heterocycles. The lowest BCUT2D eigenvalue weighted by atomic mass is 10.0. The summed E-state index contributed by atoms with van der Waals surface area (Å²) in [5, 5.41) is 25.4. The Labute approximate surface area is 212 Å². The Morgan fingerprint density at radius 2 is 1.59 bits per heavy atom. The van der Waals surface area contributed by atoms with Gasteiger partial charge in [0.2, 0.25) is 17.7 Å². The number of aromatic amines is 1. The number of carboxylic acids is 2. The number of hydrogen-bond acceptors (Lipinski definition) is 8. The molecule has 0 aromatic carbocycles. The van der Waals surface area contributed by atoms with Crippen LogP contribution in [0.2, 0.25) is 0 Å². The SMILES string of the molecule is CC(C)C(N)C(=O)NC(CCCN=C(N)N)C(=O)NC(Cc1cnc[nH]1)C(=O)NC(CC(=O)O)C(=O)O. The summed E-state index contributed by atoms with van der Waals surface area (Å²) < 4.78 is 0. The highest BCUT2D eigenvalue weighted by atomic mass is 16.4. The summed E-state index contributed by atoms with van der Waals surface area (Å²) in [6.45, 7) is 3.64. The lowest BCUT2D eigenvalue weighted by molar-refractivity contribution is -0.147. The van der Waals surface area contributed by atoms with Gasteiger partial charge < -0.3 is 48.3 Å². The quantitative estimate of drug-likeness (QED) is 0.0595. The van der Waals surface area contributed by atoms with Gasteiger partial charge in [-0.05, 0) is 18.8 Å². The number of guanidine groups is 1. The van der Waals surface area contributed by atoms with Crippen molar-refractivity contribution in [3.05, 3.63) is 18.2 Å². The average molecular weight is 526 g/mol. The van der Waals surface area contributed by atoms with Crippen molar-refractivity contribution in [3.8, 4) is 0 Å². The number of aliphatic imine (C=N–C) groups is 1. The lowest BCUT2D eigenvalue weighted by Crippen LogP contribution is -2.58. The molecule has 0 bridgehead atoms. The van der Waals surface area contributed by atoms with Crippen molar-refractivity contribution in [1.82, 2.24) is 25.9 Å². The van der Waals surface area contributed by atoms with Crippen molar-refractivity contribution in [2.75, 3.05) is 6.54 Å². The van der Waals surface area contributed by atoms with E-state index in [0.717, 1.165) is 0 Å². The summed E-state index contributed by atoms with van der Waals surface area (Å²) in [7, 11) is 0. The van der Waals surface area contributed by atoms with E-state index < -0.39 is 60.2 Å². The number of aliphatic carboxylic acids is 2. The highest BCUT2D eigenvalue weighted by Gasteiger charge is 2.31. The van der Waals surface area contributed by atoms with E-state index in [1.807, 2.05) is 0 Å². The molecule has 0 fully saturated rings. The van der Waals surface area contributed by atoms with Crippen LogP contribution in [0.15, 0.2) is 17.5 Å². The fourth-order valence-electron chi connectivity index (χ4n) is 3.09. The predicted octanol–water partition coefficient (Wildman–Crippen LogP) is -3.00. The summed E-state index contributed by atoms with van der Waals surface area (Å²) in [5.74, 6) is -5.63. The summed E-state index contributed by atoms with van der Waals surface area (Å²) in [6, 6.07) is -5.09. The monoisotopic (exact) mass is 525 g/mol. The van der Waals surface area contributed by atoms with Crippen LogP contribution in [0.5, 0.6) is 0 Å². The number of imidazole rings is 1. The maximum absolute atomic E-state index is 13.2. The minimum absolute atomic E-state index is 0.0916. The molecule has 1 aromatic heterocycles. The van der Waals surface area contributed by atoms with Crippen LogP contribution in [0.4, 0.5) is 0 Å². The Kier molecular flexibility index (Phi) is 12.5. The number of rotatable bonds is 16. The van der Waals surface area contributed by atoms with E-state index in [9.17, 15) is 29.1 Å². The molecule has 0 aliphatic carbocycles. The van der Waals surface area contributed by atoms with Crippen LogP contribution in [0.25, 0.3) is 0 Å². The van der Waals surface area contributed by atoms with E-state index in [4.69, 9.17) is 22.3 Å². The molecule has 0 aliphatic rings. The van der Waals surface area contributed by atoms with Gasteiger partial charge in [0.05, 0.1) is 18.8 Å². The van der Waals surface area contributed by atoms with Gasteiger partial charge in [0.15, 0.2) is 5.96 Å². The number of carbonyl (C=O) groups is 5. The third-order valence-corrected chi connectivity index (χ3v) is 5.20. The second-order valence-corrected chi connectivity index (χ2v) is 8.62. The standard InChI is InChI=1S/C21H35N9O7/c1-10(2)16(22)19(35)28-12(4-3-5-26-21(23)24)17(33)29-13(6-11-8-25-9-27-11)18(34)30-14(20(36)37)7-15(31)32/h8-10,12-14,16H,3-7,22H2,1-2H3,(H,25,27)(H,28,35)(H,29,33)(H,30,34)(H,31,32)(H,36,37)(H4,23,24,26). The topological polar surface area (TPSA) is 281 Å². The predicted molar refractivity (Wildman–Crippen MR) is 131 cm³/mol. The molecule has 0 aliphatic heterocycles. The Balaban J connectivity index is 3.11. The van der Waals surface area contributed by atoms with Gasteiger partial charge in [0, 0.05) is 24.9 Å². The minimum atomic E-state index is -1.73. The highest BCUT2D eigenvalue weighted by molar-refractivity contribution is 5.94. The number of nitrogens with two attached hydrogens (primary N) is 3. The Morgan fingerprint density at radius 3 is 2.11 bits per heavy atom. The molecule has 0 spiro atoms. The molecule has 16 nitrogen and oxygen atoms in total. The summed E-state index contributed by atoms with van der Waals surface area (Å²) in [5.41, 5.74) is 16.9. The molecular formula is C21H35N9O7. The van der Waals surface area contributed by atoms with Crippen molar-refractivity contribution in [3.63, 3.8) is 0 Å². The van der Waals surface area contributed by atoms with E-state index in [1.54, 1.807) is 13.8 Å². The largest absolute Gasteiger partial charge is 0.481 e. The average Bonchev–Trinajstić information content (AvgIpc) is 3.31. The number of hydrogen-bond donors (Lipinski definition) is 9. The van der Waals surface area contributed by atoms with Crippen LogP contribution in [0.1, 0.15) is 38.8 Å². The highest BCUT2D eigenvalue weighted by Crippen LogP contribution is 2.06. The fraction of sp³-hybridized carbons (Fsp3) is 0.571. The zero-order valence-corrected chi connectivity index (χ0v) is 20.6. The van der Waals surface area contributed by atoms with Gasteiger partial charge in [-0.25, -0.2) is 9.78 Å². The molecule has 4 atom stereocenters. The number of amides is 3. The summed E-state index contributed by atoms with van der Waals surface area (Å²) in [4.78, 5) is 71.5. The number of aromatic nitrogens is 2. The van der Waals surface area contributed by atoms with E-state index in [1.165, 1.54) is 12.5 Å². The van der Waals surface area contributed by atoms with Crippen LogP contribution in [0.3, 0.4) is 0 Å². The van der Waals surface area contributed by atoms with Gasteiger partial charge in [-0.3, -0.25) is 24.2 Å². The van der Waals surface area contributed by atoms with Gasteiger partial charge in [-0.15, -0.1) is 0 Å². The molecule has 0 saturated heterocycles. The first-order valence-corrected chi connectivity index (χ1v) is 11.5. The van der Waals surface area contributed by atoms with Gasteiger partial charge in [-0.1, -0.05) is 13.8 Å². The zero-order valence-electron chi connectivity index (χ0n) is 20.6. The Bertz CT molecular complexity index is 962. The van der Waals surface area contributed by atoms with E-state index in [0.29, 0.717) is 12.1 Å². The molecule has 4 unspecified atom stereocenters. The van der Waals surface area contributed by atoms with Crippen LogP contribution in [-0.2, 0) is 30.4 Å². The molecule has 3 amide bonds. The van der Waals surface area contributed by atoms with Crippen molar-refractivity contribution < 1.29 is 34.2 Å². The third kappa shape index (κ3) is 11.4. The molecule has 0 radical (unpaired) electrons. The molecule has 16 heteroatoms. The first-order valence-electron chi connectivity index (χ1n) is 11.5. The van der Waals surface area contributed by atoms with Crippen LogP contribution < -0.4 is 33.2 Å². The summed E-state index contributed by atoms with van der Waals surface area (Å²) >= 11 is 0. The Morgan fingerprint density at radius 1 is 1.00 bits per heavy atom. The molecule has 206 valence electrons. The fourth-order valence-corrected chi connectivity index (χ4v) is 3.09.